The van der Waals surface area contributed by atoms with E-state index in [0.29, 0.717) is 18.0 Å². The van der Waals surface area contributed by atoms with E-state index in [4.69, 9.17) is 4.52 Å². The fourth-order valence-electron chi connectivity index (χ4n) is 2.66. The van der Waals surface area contributed by atoms with Crippen molar-refractivity contribution in [3.63, 3.8) is 0 Å². The summed E-state index contributed by atoms with van der Waals surface area (Å²) in [6.45, 7) is 5.06. The highest BCUT2D eigenvalue weighted by Gasteiger charge is 2.49. The lowest BCUT2D eigenvalue weighted by Gasteiger charge is -2.32. The Morgan fingerprint density at radius 2 is 2.00 bits per heavy atom. The van der Waals surface area contributed by atoms with Gasteiger partial charge in [-0.15, -0.1) is 0 Å². The zero-order valence-corrected chi connectivity index (χ0v) is 12.3. The van der Waals surface area contributed by atoms with E-state index < -0.39 is 0 Å². The van der Waals surface area contributed by atoms with Gasteiger partial charge in [0.05, 0.1) is 11.8 Å². The van der Waals surface area contributed by atoms with Crippen molar-refractivity contribution in [3.05, 3.63) is 11.8 Å². The van der Waals surface area contributed by atoms with Crippen molar-refractivity contribution >= 4 is 17.6 Å². The molecule has 2 unspecified atom stereocenters. The minimum Gasteiger partial charge on any atom is -0.360 e. The monoisotopic (exact) mass is 292 g/mol. The average molecular weight is 292 g/mol. The van der Waals surface area contributed by atoms with Crippen LogP contribution >= 0.6 is 0 Å². The number of aryl methyl sites for hydroxylation is 1. The molecule has 2 amide bonds. The van der Waals surface area contributed by atoms with Gasteiger partial charge in [-0.2, -0.15) is 0 Å². The molecule has 2 fully saturated rings. The molecule has 1 aromatic rings. The third-order valence-electron chi connectivity index (χ3n) is 4.14. The van der Waals surface area contributed by atoms with Crippen molar-refractivity contribution in [1.82, 2.24) is 15.0 Å². The first-order chi connectivity index (χ1) is 10.0. The number of nitrogens with zero attached hydrogens (tertiary/aromatic N) is 3. The molecular weight excluding hydrogens is 272 g/mol. The smallest absolute Gasteiger partial charge is 0.229 e. The third-order valence-corrected chi connectivity index (χ3v) is 4.14. The summed E-state index contributed by atoms with van der Waals surface area (Å²) in [6.07, 6.45) is 0.633. The highest BCUT2D eigenvalue weighted by molar-refractivity contribution is 5.99. The summed E-state index contributed by atoms with van der Waals surface area (Å²) in [4.78, 5) is 28.5. The Morgan fingerprint density at radius 1 is 1.29 bits per heavy atom. The second-order valence-electron chi connectivity index (χ2n) is 5.89. The van der Waals surface area contributed by atoms with E-state index in [9.17, 15) is 9.59 Å². The lowest BCUT2D eigenvalue weighted by molar-refractivity contribution is -0.135. The first-order valence-electron chi connectivity index (χ1n) is 7.26. The van der Waals surface area contributed by atoms with Gasteiger partial charge in [-0.1, -0.05) is 5.16 Å². The van der Waals surface area contributed by atoms with Crippen molar-refractivity contribution in [1.29, 1.82) is 0 Å². The molecule has 2 aliphatic rings. The van der Waals surface area contributed by atoms with Crippen molar-refractivity contribution < 1.29 is 14.1 Å². The van der Waals surface area contributed by atoms with Gasteiger partial charge in [-0.3, -0.25) is 9.59 Å². The Morgan fingerprint density at radius 3 is 2.62 bits per heavy atom. The van der Waals surface area contributed by atoms with Gasteiger partial charge in [0.15, 0.2) is 5.82 Å². The van der Waals surface area contributed by atoms with E-state index in [2.05, 4.69) is 22.4 Å². The number of rotatable bonds is 3. The standard InChI is InChI=1S/C14H20N4O3/c1-9-7-12(16-21-9)15-13(19)10-8-11(10)14(20)18-5-3-17(2)4-6-18/h7,10-11H,3-6,8H2,1-2H3,(H,15,16,19). The number of likely N-dealkylation sites (N-methyl/N-ethyl adjacent to an activating group) is 1. The average Bonchev–Trinajstić information content (AvgIpc) is 3.17. The highest BCUT2D eigenvalue weighted by atomic mass is 16.5. The van der Waals surface area contributed by atoms with Gasteiger partial charge in [0, 0.05) is 32.2 Å². The van der Waals surface area contributed by atoms with Gasteiger partial charge in [-0.25, -0.2) is 0 Å². The number of hydrogen-bond donors (Lipinski definition) is 1. The quantitative estimate of drug-likeness (QED) is 0.868. The molecule has 1 saturated carbocycles. The number of piperazine rings is 1. The molecule has 7 nitrogen and oxygen atoms in total. The maximum atomic E-state index is 12.3. The van der Waals surface area contributed by atoms with Crippen LogP contribution in [0.25, 0.3) is 0 Å². The first kappa shape index (κ1) is 14.1. The molecule has 1 saturated heterocycles. The SMILES string of the molecule is Cc1cc(NC(=O)C2CC2C(=O)N2CCN(C)CC2)no1. The Balaban J connectivity index is 1.51. The summed E-state index contributed by atoms with van der Waals surface area (Å²) in [5.74, 6) is 0.632. The molecular formula is C14H20N4O3. The van der Waals surface area contributed by atoms with Gasteiger partial charge in [0.1, 0.15) is 5.76 Å². The number of aromatic nitrogens is 1. The van der Waals surface area contributed by atoms with E-state index in [1.54, 1.807) is 13.0 Å². The van der Waals surface area contributed by atoms with Crippen molar-refractivity contribution in [2.24, 2.45) is 11.8 Å². The molecule has 0 spiro atoms. The lowest BCUT2D eigenvalue weighted by Crippen LogP contribution is -2.48. The number of anilines is 1. The largest absolute Gasteiger partial charge is 0.360 e. The van der Waals surface area contributed by atoms with Crippen LogP contribution in [0.4, 0.5) is 5.82 Å². The van der Waals surface area contributed by atoms with Crippen molar-refractivity contribution in [2.45, 2.75) is 13.3 Å². The zero-order valence-electron chi connectivity index (χ0n) is 12.3. The lowest BCUT2D eigenvalue weighted by atomic mass is 10.2. The number of carbonyl (C=O) groups excluding carboxylic acids is 2. The van der Waals surface area contributed by atoms with Gasteiger partial charge in [-0.05, 0) is 20.4 Å². The summed E-state index contributed by atoms with van der Waals surface area (Å²) >= 11 is 0. The van der Waals surface area contributed by atoms with E-state index >= 15 is 0 Å². The molecule has 2 heterocycles. The molecule has 1 aromatic heterocycles. The van der Waals surface area contributed by atoms with E-state index in [1.807, 2.05) is 4.90 Å². The minimum atomic E-state index is -0.228. The van der Waals surface area contributed by atoms with Crippen LogP contribution in [0.3, 0.4) is 0 Å². The predicted molar refractivity (Wildman–Crippen MR) is 75.5 cm³/mol. The molecule has 2 atom stereocenters. The van der Waals surface area contributed by atoms with Gasteiger partial charge >= 0.3 is 0 Å². The van der Waals surface area contributed by atoms with Gasteiger partial charge in [0.2, 0.25) is 11.8 Å². The zero-order chi connectivity index (χ0) is 15.0. The maximum absolute atomic E-state index is 12.3. The van der Waals surface area contributed by atoms with Crippen LogP contribution in [0.5, 0.6) is 0 Å². The Labute approximate surface area is 123 Å². The molecule has 0 aromatic carbocycles. The number of amides is 2. The van der Waals surface area contributed by atoms with E-state index in [0.717, 1.165) is 26.2 Å². The summed E-state index contributed by atoms with van der Waals surface area (Å²) in [6, 6.07) is 1.66. The normalized spacial score (nSPS) is 25.7. The first-order valence-corrected chi connectivity index (χ1v) is 7.26. The van der Waals surface area contributed by atoms with E-state index in [-0.39, 0.29) is 23.7 Å². The molecule has 1 N–H and O–H groups in total. The Hall–Kier alpha value is -1.89. The molecule has 1 aliphatic heterocycles. The molecule has 1 aliphatic carbocycles. The minimum absolute atomic E-state index is 0.111. The Kier molecular flexibility index (Phi) is 3.67. The maximum Gasteiger partial charge on any atom is 0.229 e. The van der Waals surface area contributed by atoms with Crippen LogP contribution in [-0.2, 0) is 9.59 Å². The van der Waals surface area contributed by atoms with Crippen LogP contribution in [0.2, 0.25) is 0 Å². The van der Waals surface area contributed by atoms with Crippen molar-refractivity contribution in [3.8, 4) is 0 Å². The predicted octanol–water partition coefficient (Wildman–Crippen LogP) is 0.332. The molecule has 7 heteroatoms. The number of hydrogen-bond acceptors (Lipinski definition) is 5. The molecule has 21 heavy (non-hydrogen) atoms. The number of nitrogens with one attached hydrogen (secondary N) is 1. The summed E-state index contributed by atoms with van der Waals surface area (Å²) < 4.78 is 4.90. The molecule has 3 rings (SSSR count). The summed E-state index contributed by atoms with van der Waals surface area (Å²) in [7, 11) is 2.05. The topological polar surface area (TPSA) is 78.7 Å². The van der Waals surface area contributed by atoms with Crippen LogP contribution in [-0.4, -0.2) is 60.0 Å². The van der Waals surface area contributed by atoms with Crippen LogP contribution < -0.4 is 5.32 Å². The second-order valence-corrected chi connectivity index (χ2v) is 5.89. The fourth-order valence-corrected chi connectivity index (χ4v) is 2.66. The number of carbonyl (C=O) groups is 2. The Bertz CT molecular complexity index is 548. The summed E-state index contributed by atoms with van der Waals surface area (Å²) in [5.41, 5.74) is 0. The van der Waals surface area contributed by atoms with Crippen LogP contribution in [0, 0.1) is 18.8 Å². The summed E-state index contributed by atoms with van der Waals surface area (Å²) in [5, 5.41) is 6.42. The van der Waals surface area contributed by atoms with Gasteiger partial charge < -0.3 is 19.6 Å². The van der Waals surface area contributed by atoms with E-state index in [1.165, 1.54) is 0 Å². The fraction of sp³-hybridized carbons (Fsp3) is 0.643. The highest BCUT2D eigenvalue weighted by Crippen LogP contribution is 2.40. The van der Waals surface area contributed by atoms with Crippen LogP contribution in [0.15, 0.2) is 10.6 Å². The molecule has 114 valence electrons. The second kappa shape index (κ2) is 5.48. The van der Waals surface area contributed by atoms with Gasteiger partial charge in [0.25, 0.3) is 0 Å². The van der Waals surface area contributed by atoms with Crippen molar-refractivity contribution in [2.75, 3.05) is 38.5 Å². The molecule has 0 bridgehead atoms. The molecule has 0 radical (unpaired) electrons. The third kappa shape index (κ3) is 3.07. The van der Waals surface area contributed by atoms with Crippen LogP contribution in [0.1, 0.15) is 12.2 Å².